The molecule has 1 aromatic rings. The van der Waals surface area contributed by atoms with Crippen LogP contribution in [0, 0.1) is 19.3 Å². The van der Waals surface area contributed by atoms with Crippen LogP contribution < -0.4 is 0 Å². The van der Waals surface area contributed by atoms with Gasteiger partial charge in [0.15, 0.2) is 0 Å². The van der Waals surface area contributed by atoms with Gasteiger partial charge in [0.25, 0.3) is 0 Å². The van der Waals surface area contributed by atoms with E-state index in [9.17, 15) is 5.11 Å². The van der Waals surface area contributed by atoms with Crippen LogP contribution in [0.4, 0.5) is 0 Å². The van der Waals surface area contributed by atoms with Crippen LogP contribution in [0.2, 0.25) is 0 Å². The molecule has 0 amide bonds. The minimum absolute atomic E-state index is 0.363. The van der Waals surface area contributed by atoms with E-state index >= 15 is 0 Å². The molecular formula is C11H13BrOS. The molecular weight excluding hydrogens is 260 g/mol. The zero-order chi connectivity index (χ0) is 10.6. The van der Waals surface area contributed by atoms with Crippen molar-refractivity contribution in [3.63, 3.8) is 0 Å². The second-order valence-electron chi connectivity index (χ2n) is 3.17. The summed E-state index contributed by atoms with van der Waals surface area (Å²) in [5.41, 5.74) is 0. The highest BCUT2D eigenvalue weighted by Gasteiger charge is 2.11. The predicted molar refractivity (Wildman–Crippen MR) is 64.4 cm³/mol. The molecule has 1 N–H and O–H groups in total. The Morgan fingerprint density at radius 2 is 2.43 bits per heavy atom. The highest BCUT2D eigenvalue weighted by molar-refractivity contribution is 9.10. The van der Waals surface area contributed by atoms with Crippen molar-refractivity contribution in [2.24, 2.45) is 0 Å². The molecule has 14 heavy (non-hydrogen) atoms. The molecule has 0 fully saturated rings. The summed E-state index contributed by atoms with van der Waals surface area (Å²) in [6.07, 6.45) is 7.15. The van der Waals surface area contributed by atoms with Crippen molar-refractivity contribution in [2.75, 3.05) is 0 Å². The van der Waals surface area contributed by atoms with Crippen LogP contribution >= 0.6 is 27.3 Å². The second kappa shape index (κ2) is 5.55. The number of unbranched alkanes of at least 4 members (excludes halogenated alkanes) is 1. The van der Waals surface area contributed by atoms with Crippen LogP contribution in [0.25, 0.3) is 0 Å². The summed E-state index contributed by atoms with van der Waals surface area (Å²) in [4.78, 5) is 2.22. The summed E-state index contributed by atoms with van der Waals surface area (Å²) in [5.74, 6) is 2.57. The van der Waals surface area contributed by atoms with E-state index in [4.69, 9.17) is 6.42 Å². The van der Waals surface area contributed by atoms with Crippen molar-refractivity contribution >= 4 is 27.3 Å². The Morgan fingerprint density at radius 3 is 2.93 bits per heavy atom. The molecule has 1 heterocycles. The Labute approximate surface area is 97.3 Å². The Kier molecular flexibility index (Phi) is 4.67. The van der Waals surface area contributed by atoms with E-state index in [1.54, 1.807) is 11.3 Å². The van der Waals surface area contributed by atoms with E-state index in [0.717, 1.165) is 28.6 Å². The summed E-state index contributed by atoms with van der Waals surface area (Å²) in [7, 11) is 0. The maximum atomic E-state index is 9.81. The van der Waals surface area contributed by atoms with Crippen LogP contribution in [-0.2, 0) is 0 Å². The Balaban J connectivity index is 2.52. The third-order valence-corrected chi connectivity index (χ3v) is 4.24. The quantitative estimate of drug-likeness (QED) is 0.655. The highest BCUT2D eigenvalue weighted by atomic mass is 79.9. The number of rotatable bonds is 4. The zero-order valence-corrected chi connectivity index (χ0v) is 10.5. The summed E-state index contributed by atoms with van der Waals surface area (Å²) < 4.78 is 1.08. The summed E-state index contributed by atoms with van der Waals surface area (Å²) in [6, 6.07) is 1.99. The van der Waals surface area contributed by atoms with Crippen LogP contribution in [0.5, 0.6) is 0 Å². The SMILES string of the molecule is C#CCCCC(O)c1cc(Br)c(C)s1. The average molecular weight is 273 g/mol. The molecule has 1 rings (SSSR count). The van der Waals surface area contributed by atoms with Crippen LogP contribution in [0.15, 0.2) is 10.5 Å². The van der Waals surface area contributed by atoms with Crippen LogP contribution in [0.1, 0.15) is 35.1 Å². The van der Waals surface area contributed by atoms with Gasteiger partial charge in [-0.1, -0.05) is 0 Å². The van der Waals surface area contributed by atoms with E-state index in [0.29, 0.717) is 0 Å². The average Bonchev–Trinajstić information content (AvgIpc) is 2.47. The molecule has 0 bridgehead atoms. The van der Waals surface area contributed by atoms with Crippen molar-refractivity contribution in [1.82, 2.24) is 0 Å². The lowest BCUT2D eigenvalue weighted by Gasteiger charge is -2.05. The van der Waals surface area contributed by atoms with E-state index in [1.807, 2.05) is 13.0 Å². The summed E-state index contributed by atoms with van der Waals surface area (Å²) in [6.45, 7) is 2.03. The molecule has 0 radical (unpaired) electrons. The van der Waals surface area contributed by atoms with E-state index in [2.05, 4.69) is 21.9 Å². The first-order valence-electron chi connectivity index (χ1n) is 4.52. The molecule has 0 spiro atoms. The number of terminal acetylenes is 1. The van der Waals surface area contributed by atoms with Crippen LogP contribution in [0.3, 0.4) is 0 Å². The number of thiophene rings is 1. The van der Waals surface area contributed by atoms with Crippen LogP contribution in [-0.4, -0.2) is 5.11 Å². The Bertz CT molecular complexity index is 318. The molecule has 0 saturated heterocycles. The molecule has 76 valence electrons. The minimum Gasteiger partial charge on any atom is -0.388 e. The van der Waals surface area contributed by atoms with Gasteiger partial charge >= 0.3 is 0 Å². The Morgan fingerprint density at radius 1 is 1.71 bits per heavy atom. The minimum atomic E-state index is -0.363. The molecule has 0 aliphatic carbocycles. The molecule has 0 aromatic carbocycles. The fraction of sp³-hybridized carbons (Fsp3) is 0.455. The lowest BCUT2D eigenvalue weighted by molar-refractivity contribution is 0.169. The standard InChI is InChI=1S/C11H13BrOS/c1-3-4-5-6-10(13)11-7-9(12)8(2)14-11/h1,7,10,13H,4-6H2,2H3. The number of halogens is 1. The van der Waals surface area contributed by atoms with Crippen molar-refractivity contribution in [1.29, 1.82) is 0 Å². The first-order chi connectivity index (χ1) is 6.65. The number of aliphatic hydroxyl groups excluding tert-OH is 1. The highest BCUT2D eigenvalue weighted by Crippen LogP contribution is 2.32. The van der Waals surface area contributed by atoms with Crippen molar-refractivity contribution in [3.05, 3.63) is 20.3 Å². The Hall–Kier alpha value is -0.300. The van der Waals surface area contributed by atoms with Gasteiger partial charge in [0.1, 0.15) is 0 Å². The third-order valence-electron chi connectivity index (χ3n) is 2.00. The zero-order valence-electron chi connectivity index (χ0n) is 8.09. The number of hydrogen-bond donors (Lipinski definition) is 1. The first-order valence-corrected chi connectivity index (χ1v) is 6.13. The molecule has 1 aromatic heterocycles. The second-order valence-corrected chi connectivity index (χ2v) is 5.31. The van der Waals surface area contributed by atoms with Gasteiger partial charge in [0.05, 0.1) is 6.10 Å². The van der Waals surface area contributed by atoms with E-state index < -0.39 is 0 Å². The molecule has 1 nitrogen and oxygen atoms in total. The van der Waals surface area contributed by atoms with Gasteiger partial charge in [-0.05, 0) is 41.8 Å². The monoisotopic (exact) mass is 272 g/mol. The molecule has 0 saturated carbocycles. The third kappa shape index (κ3) is 3.13. The lowest BCUT2D eigenvalue weighted by Crippen LogP contribution is -1.93. The number of aliphatic hydroxyl groups is 1. The van der Waals surface area contributed by atoms with Gasteiger partial charge in [-0.3, -0.25) is 0 Å². The fourth-order valence-electron chi connectivity index (χ4n) is 1.19. The molecule has 0 aliphatic rings. The molecule has 1 atom stereocenters. The van der Waals surface area contributed by atoms with E-state index in [1.165, 1.54) is 4.88 Å². The first kappa shape index (κ1) is 11.8. The molecule has 3 heteroatoms. The number of aryl methyl sites for hydroxylation is 1. The van der Waals surface area contributed by atoms with Gasteiger partial charge in [-0.25, -0.2) is 0 Å². The topological polar surface area (TPSA) is 20.2 Å². The van der Waals surface area contributed by atoms with Gasteiger partial charge in [-0.15, -0.1) is 23.7 Å². The fourth-order valence-corrected chi connectivity index (χ4v) is 2.77. The van der Waals surface area contributed by atoms with Gasteiger partial charge in [-0.2, -0.15) is 0 Å². The van der Waals surface area contributed by atoms with Crippen molar-refractivity contribution < 1.29 is 5.11 Å². The van der Waals surface area contributed by atoms with Crippen molar-refractivity contribution in [3.8, 4) is 12.3 Å². The predicted octanol–water partition coefficient (Wildman–Crippen LogP) is 3.66. The van der Waals surface area contributed by atoms with Gasteiger partial charge < -0.3 is 5.11 Å². The lowest BCUT2D eigenvalue weighted by atomic mass is 10.1. The normalized spacial score (nSPS) is 12.4. The maximum absolute atomic E-state index is 9.81. The molecule has 0 aliphatic heterocycles. The van der Waals surface area contributed by atoms with E-state index in [-0.39, 0.29) is 6.10 Å². The summed E-state index contributed by atoms with van der Waals surface area (Å²) >= 11 is 5.07. The largest absolute Gasteiger partial charge is 0.388 e. The smallest absolute Gasteiger partial charge is 0.0882 e. The van der Waals surface area contributed by atoms with Gasteiger partial charge in [0.2, 0.25) is 0 Å². The molecule has 1 unspecified atom stereocenters. The maximum Gasteiger partial charge on any atom is 0.0882 e. The number of hydrogen-bond acceptors (Lipinski definition) is 2. The van der Waals surface area contributed by atoms with Gasteiger partial charge in [0, 0.05) is 20.6 Å². The van der Waals surface area contributed by atoms with Crippen molar-refractivity contribution in [2.45, 2.75) is 32.3 Å². The summed E-state index contributed by atoms with van der Waals surface area (Å²) in [5, 5.41) is 9.81.